The molecular formula is C14H20BrFN2. The van der Waals surface area contributed by atoms with Crippen molar-refractivity contribution in [3.05, 3.63) is 28.5 Å². The van der Waals surface area contributed by atoms with Gasteiger partial charge >= 0.3 is 0 Å². The van der Waals surface area contributed by atoms with Crippen molar-refractivity contribution >= 4 is 21.6 Å². The lowest BCUT2D eigenvalue weighted by molar-refractivity contribution is 0.502. The quantitative estimate of drug-likeness (QED) is 0.917. The van der Waals surface area contributed by atoms with Gasteiger partial charge in [-0.2, -0.15) is 0 Å². The van der Waals surface area contributed by atoms with Gasteiger partial charge in [0.1, 0.15) is 5.82 Å². The average molecular weight is 315 g/mol. The maximum absolute atomic E-state index is 13.1. The van der Waals surface area contributed by atoms with Gasteiger partial charge in [0.05, 0.1) is 5.69 Å². The number of hydrogen-bond acceptors (Lipinski definition) is 2. The van der Waals surface area contributed by atoms with Gasteiger partial charge in [0.25, 0.3) is 0 Å². The Morgan fingerprint density at radius 2 is 2.33 bits per heavy atom. The number of benzene rings is 1. The van der Waals surface area contributed by atoms with E-state index in [4.69, 9.17) is 0 Å². The van der Waals surface area contributed by atoms with Crippen molar-refractivity contribution in [1.82, 2.24) is 5.32 Å². The highest BCUT2D eigenvalue weighted by molar-refractivity contribution is 9.10. The third-order valence-electron chi connectivity index (χ3n) is 3.37. The summed E-state index contributed by atoms with van der Waals surface area (Å²) in [4.78, 5) is 2.35. The molecule has 1 aliphatic rings. The molecule has 100 valence electrons. The molecule has 0 saturated carbocycles. The maximum atomic E-state index is 13.1. The van der Waals surface area contributed by atoms with Crippen LogP contribution in [-0.2, 0) is 0 Å². The van der Waals surface area contributed by atoms with Crippen molar-refractivity contribution in [3.8, 4) is 0 Å². The maximum Gasteiger partial charge on any atom is 0.124 e. The third-order valence-corrected chi connectivity index (χ3v) is 4.00. The van der Waals surface area contributed by atoms with Crippen molar-refractivity contribution in [1.29, 1.82) is 0 Å². The van der Waals surface area contributed by atoms with Crippen molar-refractivity contribution < 1.29 is 4.39 Å². The molecule has 0 spiro atoms. The van der Waals surface area contributed by atoms with E-state index >= 15 is 0 Å². The zero-order valence-corrected chi connectivity index (χ0v) is 12.3. The van der Waals surface area contributed by atoms with Crippen molar-refractivity contribution in [2.45, 2.75) is 32.2 Å². The summed E-state index contributed by atoms with van der Waals surface area (Å²) in [6.07, 6.45) is 3.51. The molecule has 0 amide bonds. The van der Waals surface area contributed by atoms with Gasteiger partial charge in [-0.15, -0.1) is 0 Å². The number of hydrogen-bond donors (Lipinski definition) is 1. The first kappa shape index (κ1) is 13.8. The van der Waals surface area contributed by atoms with Crippen LogP contribution in [0.2, 0.25) is 0 Å². The molecule has 1 saturated heterocycles. The molecule has 0 bridgehead atoms. The van der Waals surface area contributed by atoms with Crippen LogP contribution in [0.3, 0.4) is 0 Å². The fraction of sp³-hybridized carbons (Fsp3) is 0.571. The van der Waals surface area contributed by atoms with Crippen LogP contribution in [0.4, 0.5) is 10.1 Å². The van der Waals surface area contributed by atoms with Crippen LogP contribution < -0.4 is 10.2 Å². The van der Waals surface area contributed by atoms with E-state index in [0.717, 1.165) is 36.2 Å². The normalized spacial score (nSPS) is 20.8. The molecule has 0 aromatic heterocycles. The van der Waals surface area contributed by atoms with Crippen LogP contribution in [0, 0.1) is 5.82 Å². The highest BCUT2D eigenvalue weighted by Crippen LogP contribution is 2.28. The fourth-order valence-electron chi connectivity index (χ4n) is 2.50. The van der Waals surface area contributed by atoms with Gasteiger partial charge in [0.15, 0.2) is 0 Å². The standard InChI is InChI=1S/C14H20BrFN2/c1-2-4-12-10-18(8-3-7-17-12)14-6-5-11(16)9-13(14)15/h5-6,9,12,17H,2-4,7-8,10H2,1H3. The predicted octanol–water partition coefficient (Wildman–Crippen LogP) is 3.56. The Labute approximate surface area is 117 Å². The first-order chi connectivity index (χ1) is 8.70. The number of nitrogens with zero attached hydrogens (tertiary/aromatic N) is 1. The van der Waals surface area contributed by atoms with Gasteiger partial charge in [0, 0.05) is 23.6 Å². The molecule has 0 radical (unpaired) electrons. The largest absolute Gasteiger partial charge is 0.369 e. The van der Waals surface area contributed by atoms with Gasteiger partial charge in [0.2, 0.25) is 0 Å². The van der Waals surface area contributed by atoms with E-state index in [0.29, 0.717) is 6.04 Å². The van der Waals surface area contributed by atoms with Crippen LogP contribution in [0.25, 0.3) is 0 Å². The minimum atomic E-state index is -0.191. The van der Waals surface area contributed by atoms with Gasteiger partial charge in [-0.3, -0.25) is 0 Å². The minimum Gasteiger partial charge on any atom is -0.369 e. The lowest BCUT2D eigenvalue weighted by atomic mass is 10.1. The molecule has 1 unspecified atom stereocenters. The number of anilines is 1. The second kappa shape index (κ2) is 6.53. The molecule has 2 nitrogen and oxygen atoms in total. The molecule has 1 aliphatic heterocycles. The molecule has 1 N–H and O–H groups in total. The number of nitrogens with one attached hydrogen (secondary N) is 1. The molecule has 0 aliphatic carbocycles. The first-order valence-corrected chi connectivity index (χ1v) is 7.43. The predicted molar refractivity (Wildman–Crippen MR) is 77.6 cm³/mol. The van der Waals surface area contributed by atoms with E-state index in [-0.39, 0.29) is 5.82 Å². The lowest BCUT2D eigenvalue weighted by Gasteiger charge is -2.27. The Hall–Kier alpha value is -0.610. The second-order valence-electron chi connectivity index (χ2n) is 4.84. The summed E-state index contributed by atoms with van der Waals surface area (Å²) in [6.45, 7) is 5.31. The topological polar surface area (TPSA) is 15.3 Å². The van der Waals surface area contributed by atoms with E-state index in [1.807, 2.05) is 6.07 Å². The highest BCUT2D eigenvalue weighted by atomic mass is 79.9. The summed E-state index contributed by atoms with van der Waals surface area (Å²) < 4.78 is 14.0. The minimum absolute atomic E-state index is 0.191. The van der Waals surface area contributed by atoms with E-state index in [2.05, 4.69) is 33.1 Å². The Morgan fingerprint density at radius 1 is 1.50 bits per heavy atom. The molecule has 4 heteroatoms. The Balaban J connectivity index is 2.14. The SMILES string of the molecule is CCCC1CN(c2ccc(F)cc2Br)CCCN1. The second-order valence-corrected chi connectivity index (χ2v) is 5.69. The van der Waals surface area contributed by atoms with Gasteiger partial charge in [-0.05, 0) is 53.5 Å². The molecular weight excluding hydrogens is 295 g/mol. The van der Waals surface area contributed by atoms with E-state index in [9.17, 15) is 4.39 Å². The molecule has 18 heavy (non-hydrogen) atoms. The lowest BCUT2D eigenvalue weighted by Crippen LogP contribution is -2.37. The zero-order chi connectivity index (χ0) is 13.0. The smallest absolute Gasteiger partial charge is 0.124 e. The summed E-state index contributed by atoms with van der Waals surface area (Å²) in [7, 11) is 0. The summed E-state index contributed by atoms with van der Waals surface area (Å²) >= 11 is 3.46. The number of rotatable bonds is 3. The Kier molecular flexibility index (Phi) is 5.01. The van der Waals surface area contributed by atoms with Gasteiger partial charge in [-0.1, -0.05) is 13.3 Å². The molecule has 1 aromatic carbocycles. The molecule has 1 fully saturated rings. The number of halogens is 2. The van der Waals surface area contributed by atoms with E-state index < -0.39 is 0 Å². The van der Waals surface area contributed by atoms with Crippen molar-refractivity contribution in [2.24, 2.45) is 0 Å². The van der Waals surface area contributed by atoms with Crippen LogP contribution in [-0.4, -0.2) is 25.7 Å². The summed E-state index contributed by atoms with van der Waals surface area (Å²) in [5.41, 5.74) is 1.10. The van der Waals surface area contributed by atoms with E-state index in [1.54, 1.807) is 6.07 Å². The summed E-state index contributed by atoms with van der Waals surface area (Å²) in [5.74, 6) is -0.191. The van der Waals surface area contributed by atoms with Crippen molar-refractivity contribution in [3.63, 3.8) is 0 Å². The van der Waals surface area contributed by atoms with Crippen LogP contribution >= 0.6 is 15.9 Å². The fourth-order valence-corrected chi connectivity index (χ4v) is 3.10. The molecule has 1 aromatic rings. The van der Waals surface area contributed by atoms with Gasteiger partial charge in [-0.25, -0.2) is 4.39 Å². The van der Waals surface area contributed by atoms with Crippen molar-refractivity contribution in [2.75, 3.05) is 24.5 Å². The van der Waals surface area contributed by atoms with Gasteiger partial charge < -0.3 is 10.2 Å². The first-order valence-electron chi connectivity index (χ1n) is 6.64. The summed E-state index contributed by atoms with van der Waals surface area (Å²) in [5, 5.41) is 3.58. The Morgan fingerprint density at radius 3 is 3.06 bits per heavy atom. The Bertz CT molecular complexity index is 397. The summed E-state index contributed by atoms with van der Waals surface area (Å²) in [6, 6.07) is 5.48. The average Bonchev–Trinajstić information content (AvgIpc) is 2.55. The van der Waals surface area contributed by atoms with E-state index in [1.165, 1.54) is 18.9 Å². The molecule has 2 rings (SSSR count). The highest BCUT2D eigenvalue weighted by Gasteiger charge is 2.18. The van der Waals surface area contributed by atoms with Crippen LogP contribution in [0.1, 0.15) is 26.2 Å². The molecule has 1 atom stereocenters. The zero-order valence-electron chi connectivity index (χ0n) is 10.8. The van der Waals surface area contributed by atoms with Crippen LogP contribution in [0.15, 0.2) is 22.7 Å². The van der Waals surface area contributed by atoms with Crippen LogP contribution in [0.5, 0.6) is 0 Å². The third kappa shape index (κ3) is 3.45. The molecule has 1 heterocycles. The monoisotopic (exact) mass is 314 g/mol.